The number of rotatable bonds is 6. The van der Waals surface area contributed by atoms with Crippen molar-refractivity contribution < 1.29 is 18.7 Å². The van der Waals surface area contributed by atoms with Gasteiger partial charge in [0, 0.05) is 33.4 Å². The van der Waals surface area contributed by atoms with E-state index in [2.05, 4.69) is 5.32 Å². The van der Waals surface area contributed by atoms with Crippen molar-refractivity contribution in [2.75, 3.05) is 11.9 Å². The first kappa shape index (κ1) is 23.0. The van der Waals surface area contributed by atoms with Gasteiger partial charge < -0.3 is 14.6 Å². The van der Waals surface area contributed by atoms with Crippen molar-refractivity contribution >= 4 is 50.7 Å². The summed E-state index contributed by atoms with van der Waals surface area (Å²) in [5.74, 6) is -1.25. The molecular formula is C25H22ClFN2O3S. The van der Waals surface area contributed by atoms with Gasteiger partial charge in [-0.3, -0.25) is 4.79 Å². The van der Waals surface area contributed by atoms with Gasteiger partial charge in [-0.2, -0.15) is 0 Å². The van der Waals surface area contributed by atoms with Gasteiger partial charge in [-0.15, -0.1) is 11.3 Å². The quantitative estimate of drug-likeness (QED) is 0.302. The van der Waals surface area contributed by atoms with Crippen LogP contribution in [0.3, 0.4) is 0 Å². The van der Waals surface area contributed by atoms with Gasteiger partial charge in [0.25, 0.3) is 5.91 Å². The van der Waals surface area contributed by atoms with E-state index < -0.39 is 5.97 Å². The number of carbonyl (C=O) groups is 2. The maximum Gasteiger partial charge on any atom is 0.341 e. The summed E-state index contributed by atoms with van der Waals surface area (Å²) in [4.78, 5) is 26.2. The Morgan fingerprint density at radius 1 is 1.15 bits per heavy atom. The molecule has 0 aliphatic heterocycles. The molecule has 4 rings (SSSR count). The van der Waals surface area contributed by atoms with Crippen molar-refractivity contribution in [1.82, 2.24) is 4.57 Å². The van der Waals surface area contributed by atoms with E-state index in [0.29, 0.717) is 33.4 Å². The predicted molar refractivity (Wildman–Crippen MR) is 131 cm³/mol. The number of aromatic nitrogens is 1. The largest absolute Gasteiger partial charge is 0.462 e. The summed E-state index contributed by atoms with van der Waals surface area (Å²) in [5, 5.41) is 6.54. The van der Waals surface area contributed by atoms with Gasteiger partial charge >= 0.3 is 5.97 Å². The van der Waals surface area contributed by atoms with E-state index in [9.17, 15) is 14.0 Å². The molecule has 5 nitrogen and oxygen atoms in total. The first-order valence-corrected chi connectivity index (χ1v) is 11.8. The molecule has 2 aromatic carbocycles. The van der Waals surface area contributed by atoms with Crippen LogP contribution >= 0.6 is 22.9 Å². The van der Waals surface area contributed by atoms with Crippen LogP contribution < -0.4 is 5.32 Å². The van der Waals surface area contributed by atoms with Crippen molar-refractivity contribution in [3.8, 4) is 11.1 Å². The second kappa shape index (κ2) is 9.37. The number of ether oxygens (including phenoxy) is 1. The molecule has 1 amide bonds. The van der Waals surface area contributed by atoms with Gasteiger partial charge in [-0.1, -0.05) is 23.7 Å². The number of fused-ring (bicyclic) bond motifs is 1. The van der Waals surface area contributed by atoms with E-state index in [-0.39, 0.29) is 23.9 Å². The van der Waals surface area contributed by atoms with Gasteiger partial charge in [-0.25, -0.2) is 9.18 Å². The van der Waals surface area contributed by atoms with Crippen LogP contribution in [-0.4, -0.2) is 23.1 Å². The van der Waals surface area contributed by atoms with Gasteiger partial charge in [0.2, 0.25) is 0 Å². The summed E-state index contributed by atoms with van der Waals surface area (Å²) < 4.78 is 20.6. The number of amides is 1. The molecule has 2 aromatic heterocycles. The highest BCUT2D eigenvalue weighted by molar-refractivity contribution is 7.15. The summed E-state index contributed by atoms with van der Waals surface area (Å²) >= 11 is 7.40. The van der Waals surface area contributed by atoms with Gasteiger partial charge in [-0.05, 0) is 62.2 Å². The Labute approximate surface area is 199 Å². The van der Waals surface area contributed by atoms with Crippen molar-refractivity contribution in [2.45, 2.75) is 27.3 Å². The number of hydrogen-bond donors (Lipinski definition) is 1. The molecule has 4 aromatic rings. The lowest BCUT2D eigenvalue weighted by atomic mass is 10.0. The third-order valence-corrected chi connectivity index (χ3v) is 6.59. The molecule has 0 aliphatic rings. The van der Waals surface area contributed by atoms with E-state index in [4.69, 9.17) is 16.3 Å². The number of carbonyl (C=O) groups excluding carboxylic acids is 2. The molecule has 0 fully saturated rings. The van der Waals surface area contributed by atoms with Crippen LogP contribution in [-0.2, 0) is 11.3 Å². The van der Waals surface area contributed by atoms with Crippen LogP contribution in [0, 0.1) is 12.7 Å². The zero-order chi connectivity index (χ0) is 23.7. The molecule has 0 radical (unpaired) electrons. The maximum atomic E-state index is 13.4. The fourth-order valence-electron chi connectivity index (χ4n) is 3.98. The first-order chi connectivity index (χ1) is 15.8. The van der Waals surface area contributed by atoms with Crippen molar-refractivity contribution in [2.24, 2.45) is 0 Å². The number of hydrogen-bond acceptors (Lipinski definition) is 4. The molecule has 0 atom stereocenters. The topological polar surface area (TPSA) is 60.3 Å². The number of aryl methyl sites for hydroxylation is 2. The molecule has 33 heavy (non-hydrogen) atoms. The van der Waals surface area contributed by atoms with Gasteiger partial charge in [0.1, 0.15) is 22.1 Å². The number of anilines is 1. The number of esters is 1. The van der Waals surface area contributed by atoms with E-state index in [0.717, 1.165) is 16.5 Å². The van der Waals surface area contributed by atoms with Crippen LogP contribution in [0.15, 0.2) is 47.8 Å². The Hall–Kier alpha value is -3.16. The molecule has 170 valence electrons. The summed E-state index contributed by atoms with van der Waals surface area (Å²) in [6.07, 6.45) is 0. The lowest BCUT2D eigenvalue weighted by Crippen LogP contribution is -2.19. The normalized spacial score (nSPS) is 11.1. The minimum Gasteiger partial charge on any atom is -0.462 e. The number of halogens is 2. The second-order valence-corrected chi connectivity index (χ2v) is 8.73. The van der Waals surface area contributed by atoms with Crippen molar-refractivity contribution in [3.63, 3.8) is 0 Å². The Kier molecular flexibility index (Phi) is 6.54. The molecular weight excluding hydrogens is 463 g/mol. The van der Waals surface area contributed by atoms with Gasteiger partial charge in [0.05, 0.1) is 6.61 Å². The summed E-state index contributed by atoms with van der Waals surface area (Å²) in [6, 6.07) is 11.4. The average Bonchev–Trinajstić information content (AvgIpc) is 3.33. The third kappa shape index (κ3) is 4.26. The molecule has 0 spiro atoms. The predicted octanol–water partition coefficient (Wildman–Crippen LogP) is 6.92. The van der Waals surface area contributed by atoms with Crippen LogP contribution in [0.25, 0.3) is 22.0 Å². The van der Waals surface area contributed by atoms with Crippen LogP contribution in [0.1, 0.15) is 40.3 Å². The highest BCUT2D eigenvalue weighted by Crippen LogP contribution is 2.37. The fourth-order valence-corrected chi connectivity index (χ4v) is 5.10. The van der Waals surface area contributed by atoms with E-state index in [1.807, 2.05) is 30.5 Å². The standard InChI is InChI=1S/C25H22ClFN2O3S/c1-4-29-20-11-8-16(26)12-18(20)14(3)22(29)23(30)28-24-21(25(31)32-5-2)19(13-33-24)15-6-9-17(27)10-7-15/h6-13H,4-5H2,1-3H3,(H,28,30). The smallest absolute Gasteiger partial charge is 0.341 e. The molecule has 0 bridgehead atoms. The van der Waals surface area contributed by atoms with Gasteiger partial charge in [0.15, 0.2) is 0 Å². The summed E-state index contributed by atoms with van der Waals surface area (Å²) in [6.45, 7) is 6.34. The highest BCUT2D eigenvalue weighted by Gasteiger charge is 2.26. The third-order valence-electron chi connectivity index (χ3n) is 5.46. The molecule has 1 N–H and O–H groups in total. The zero-order valence-corrected chi connectivity index (χ0v) is 19.9. The summed E-state index contributed by atoms with van der Waals surface area (Å²) in [7, 11) is 0. The van der Waals surface area contributed by atoms with E-state index >= 15 is 0 Å². The molecule has 0 unspecified atom stereocenters. The highest BCUT2D eigenvalue weighted by atomic mass is 35.5. The summed E-state index contributed by atoms with van der Waals surface area (Å²) in [5.41, 5.74) is 3.70. The Morgan fingerprint density at radius 3 is 2.55 bits per heavy atom. The first-order valence-electron chi connectivity index (χ1n) is 10.5. The molecule has 8 heteroatoms. The Balaban J connectivity index is 1.78. The maximum absolute atomic E-state index is 13.4. The Morgan fingerprint density at radius 2 is 1.88 bits per heavy atom. The minimum absolute atomic E-state index is 0.189. The molecule has 0 aliphatic carbocycles. The Bertz CT molecular complexity index is 1360. The zero-order valence-electron chi connectivity index (χ0n) is 18.4. The average molecular weight is 485 g/mol. The van der Waals surface area contributed by atoms with Crippen molar-refractivity contribution in [3.05, 3.63) is 75.5 Å². The number of thiophene rings is 1. The lowest BCUT2D eigenvalue weighted by molar-refractivity contribution is 0.0529. The fraction of sp³-hybridized carbons (Fsp3) is 0.200. The second-order valence-electron chi connectivity index (χ2n) is 7.41. The lowest BCUT2D eigenvalue weighted by Gasteiger charge is -2.11. The number of nitrogens with zero attached hydrogens (tertiary/aromatic N) is 1. The van der Waals surface area contributed by atoms with Crippen molar-refractivity contribution in [1.29, 1.82) is 0 Å². The van der Waals surface area contributed by atoms with E-state index in [1.165, 1.54) is 23.5 Å². The number of benzene rings is 2. The monoisotopic (exact) mass is 484 g/mol. The SMILES string of the molecule is CCOC(=O)c1c(-c2ccc(F)cc2)csc1NC(=O)c1c(C)c2cc(Cl)ccc2n1CC. The van der Waals surface area contributed by atoms with Crippen LogP contribution in [0.5, 0.6) is 0 Å². The van der Waals surface area contributed by atoms with Crippen LogP contribution in [0.4, 0.5) is 9.39 Å². The molecule has 0 saturated carbocycles. The number of nitrogens with one attached hydrogen (secondary N) is 1. The molecule has 0 saturated heterocycles. The van der Waals surface area contributed by atoms with E-state index in [1.54, 1.807) is 30.5 Å². The van der Waals surface area contributed by atoms with Crippen LogP contribution in [0.2, 0.25) is 5.02 Å². The molecule has 2 heterocycles. The minimum atomic E-state index is -0.548.